The van der Waals surface area contributed by atoms with E-state index in [1.807, 2.05) is 24.3 Å². The molecule has 4 nitrogen and oxygen atoms in total. The predicted molar refractivity (Wildman–Crippen MR) is 101 cm³/mol. The molecule has 1 atom stereocenters. The van der Waals surface area contributed by atoms with E-state index < -0.39 is 0 Å². The monoisotopic (exact) mass is 344 g/mol. The summed E-state index contributed by atoms with van der Waals surface area (Å²) in [4.78, 5) is 17.7. The molecule has 25 heavy (non-hydrogen) atoms. The first-order chi connectivity index (χ1) is 12.3. The topological polar surface area (TPSA) is 32.8 Å². The maximum absolute atomic E-state index is 13.0. The molecular weight excluding hydrogens is 312 g/mol. The van der Waals surface area contributed by atoms with Gasteiger partial charge in [-0.25, -0.2) is 0 Å². The average molecular weight is 344 g/mol. The summed E-state index contributed by atoms with van der Waals surface area (Å²) in [6.07, 6.45) is 10.1. The van der Waals surface area contributed by atoms with Gasteiger partial charge in [0.15, 0.2) is 0 Å². The van der Waals surface area contributed by atoms with E-state index in [4.69, 9.17) is 4.74 Å². The predicted octanol–water partition coefficient (Wildman–Crippen LogP) is 3.96. The van der Waals surface area contributed by atoms with Crippen molar-refractivity contribution in [2.75, 3.05) is 33.3 Å². The van der Waals surface area contributed by atoms with Gasteiger partial charge in [0.25, 0.3) is 5.91 Å². The van der Waals surface area contributed by atoms with E-state index in [0.717, 1.165) is 43.7 Å². The molecular formula is C21H32N2O2. The number of ether oxygens (including phenoxy) is 1. The Bertz CT molecular complexity index is 535. The van der Waals surface area contributed by atoms with E-state index in [1.165, 1.54) is 45.2 Å². The van der Waals surface area contributed by atoms with Crippen molar-refractivity contribution in [3.8, 4) is 5.75 Å². The van der Waals surface area contributed by atoms with Crippen molar-refractivity contribution in [2.24, 2.45) is 0 Å². The molecule has 2 aliphatic heterocycles. The normalized spacial score (nSPS) is 22.4. The van der Waals surface area contributed by atoms with E-state index >= 15 is 0 Å². The number of rotatable bonds is 5. The molecule has 1 amide bonds. The van der Waals surface area contributed by atoms with Crippen LogP contribution in [0, 0.1) is 0 Å². The van der Waals surface area contributed by atoms with Gasteiger partial charge in [0.05, 0.1) is 7.11 Å². The maximum Gasteiger partial charge on any atom is 0.254 e. The van der Waals surface area contributed by atoms with Crippen molar-refractivity contribution in [3.63, 3.8) is 0 Å². The molecule has 0 radical (unpaired) electrons. The van der Waals surface area contributed by atoms with Crippen LogP contribution >= 0.6 is 0 Å². The average Bonchev–Trinajstić information content (AvgIpc) is 2.95. The van der Waals surface area contributed by atoms with Crippen LogP contribution in [0.1, 0.15) is 61.7 Å². The van der Waals surface area contributed by atoms with Crippen molar-refractivity contribution < 1.29 is 9.53 Å². The Hall–Kier alpha value is -1.55. The van der Waals surface area contributed by atoms with Crippen LogP contribution in [-0.4, -0.2) is 55.0 Å². The van der Waals surface area contributed by atoms with Gasteiger partial charge in [0, 0.05) is 24.7 Å². The van der Waals surface area contributed by atoms with Crippen LogP contribution in [-0.2, 0) is 0 Å². The van der Waals surface area contributed by atoms with E-state index in [-0.39, 0.29) is 5.91 Å². The fourth-order valence-electron chi connectivity index (χ4n) is 4.16. The lowest BCUT2D eigenvalue weighted by Crippen LogP contribution is -2.45. The Labute approximate surface area is 152 Å². The molecule has 0 bridgehead atoms. The standard InChI is InChI=1S/C21H32N2O2/c1-25-20-11-9-18(10-12-20)21(24)23-16-7-4-8-19(23)13-17-22-14-5-2-3-6-15-22/h9-12,19H,2-8,13-17H2,1H3/t19-/m1/s1. The first kappa shape index (κ1) is 18.2. The highest BCUT2D eigenvalue weighted by atomic mass is 16.5. The molecule has 2 aliphatic rings. The van der Waals surface area contributed by atoms with Crippen molar-refractivity contribution in [1.29, 1.82) is 0 Å². The van der Waals surface area contributed by atoms with Gasteiger partial charge in [0.1, 0.15) is 5.75 Å². The molecule has 0 aliphatic carbocycles. The smallest absolute Gasteiger partial charge is 0.254 e. The van der Waals surface area contributed by atoms with Crippen molar-refractivity contribution >= 4 is 5.91 Å². The van der Waals surface area contributed by atoms with Gasteiger partial charge < -0.3 is 14.5 Å². The highest BCUT2D eigenvalue weighted by molar-refractivity contribution is 5.94. The summed E-state index contributed by atoms with van der Waals surface area (Å²) in [5.74, 6) is 0.983. The summed E-state index contributed by atoms with van der Waals surface area (Å²) in [6.45, 7) is 4.50. The second-order valence-corrected chi connectivity index (χ2v) is 7.42. The van der Waals surface area contributed by atoms with Crippen LogP contribution in [0.2, 0.25) is 0 Å². The number of methoxy groups -OCH3 is 1. The second-order valence-electron chi connectivity index (χ2n) is 7.42. The molecule has 0 unspecified atom stereocenters. The second kappa shape index (κ2) is 9.23. The molecule has 2 saturated heterocycles. The quantitative estimate of drug-likeness (QED) is 0.811. The first-order valence-electron chi connectivity index (χ1n) is 9.95. The maximum atomic E-state index is 13.0. The Kier molecular flexibility index (Phi) is 6.74. The lowest BCUT2D eigenvalue weighted by Gasteiger charge is -2.37. The number of hydrogen-bond acceptors (Lipinski definition) is 3. The molecule has 1 aromatic carbocycles. The third-order valence-corrected chi connectivity index (χ3v) is 5.70. The zero-order valence-electron chi connectivity index (χ0n) is 15.6. The molecule has 0 aromatic heterocycles. The minimum atomic E-state index is 0.184. The number of hydrogen-bond donors (Lipinski definition) is 0. The lowest BCUT2D eigenvalue weighted by atomic mass is 9.97. The zero-order valence-corrected chi connectivity index (χ0v) is 15.6. The summed E-state index contributed by atoms with van der Waals surface area (Å²) in [5, 5.41) is 0. The van der Waals surface area contributed by atoms with Crippen LogP contribution in [0.5, 0.6) is 5.75 Å². The fourth-order valence-corrected chi connectivity index (χ4v) is 4.16. The lowest BCUT2D eigenvalue weighted by molar-refractivity contribution is 0.0584. The zero-order chi connectivity index (χ0) is 17.5. The van der Waals surface area contributed by atoms with Gasteiger partial charge in [-0.15, -0.1) is 0 Å². The molecule has 1 aromatic rings. The number of carbonyl (C=O) groups excluding carboxylic acids is 1. The fraction of sp³-hybridized carbons (Fsp3) is 0.667. The van der Waals surface area contributed by atoms with Crippen LogP contribution in [0.4, 0.5) is 0 Å². The van der Waals surface area contributed by atoms with Gasteiger partial charge in [-0.1, -0.05) is 12.8 Å². The summed E-state index contributed by atoms with van der Waals surface area (Å²) in [6, 6.07) is 7.93. The number of carbonyl (C=O) groups is 1. The number of likely N-dealkylation sites (tertiary alicyclic amines) is 2. The van der Waals surface area contributed by atoms with Gasteiger partial charge in [0.2, 0.25) is 0 Å². The first-order valence-corrected chi connectivity index (χ1v) is 9.95. The summed E-state index contributed by atoms with van der Waals surface area (Å²) in [7, 11) is 1.65. The summed E-state index contributed by atoms with van der Waals surface area (Å²) < 4.78 is 5.20. The van der Waals surface area contributed by atoms with Gasteiger partial charge >= 0.3 is 0 Å². The largest absolute Gasteiger partial charge is 0.497 e. The van der Waals surface area contributed by atoms with Gasteiger partial charge in [-0.05, 0) is 75.9 Å². The summed E-state index contributed by atoms with van der Waals surface area (Å²) in [5.41, 5.74) is 0.780. The Balaban J connectivity index is 1.60. The van der Waals surface area contributed by atoms with E-state index in [2.05, 4.69) is 9.80 Å². The Morgan fingerprint density at radius 2 is 1.68 bits per heavy atom. The molecule has 0 saturated carbocycles. The number of piperidine rings is 1. The SMILES string of the molecule is COc1ccc(C(=O)N2CCCC[C@@H]2CCN2CCCCCC2)cc1. The molecule has 138 valence electrons. The number of nitrogens with zero attached hydrogens (tertiary/aromatic N) is 2. The highest BCUT2D eigenvalue weighted by Crippen LogP contribution is 2.24. The molecule has 2 fully saturated rings. The third-order valence-electron chi connectivity index (χ3n) is 5.70. The van der Waals surface area contributed by atoms with Crippen molar-refractivity contribution in [2.45, 2.75) is 57.4 Å². The number of benzene rings is 1. The van der Waals surface area contributed by atoms with E-state index in [0.29, 0.717) is 6.04 Å². The molecule has 2 heterocycles. The number of amides is 1. The van der Waals surface area contributed by atoms with E-state index in [1.54, 1.807) is 7.11 Å². The van der Waals surface area contributed by atoms with Crippen LogP contribution in [0.3, 0.4) is 0 Å². The summed E-state index contributed by atoms with van der Waals surface area (Å²) >= 11 is 0. The Morgan fingerprint density at radius 3 is 2.36 bits per heavy atom. The molecule has 0 spiro atoms. The van der Waals surface area contributed by atoms with Gasteiger partial charge in [-0.2, -0.15) is 0 Å². The van der Waals surface area contributed by atoms with Crippen molar-refractivity contribution in [1.82, 2.24) is 9.80 Å². The highest BCUT2D eigenvalue weighted by Gasteiger charge is 2.27. The van der Waals surface area contributed by atoms with Gasteiger partial charge in [-0.3, -0.25) is 4.79 Å². The molecule has 0 N–H and O–H groups in total. The van der Waals surface area contributed by atoms with Crippen LogP contribution in [0.25, 0.3) is 0 Å². The minimum absolute atomic E-state index is 0.184. The Morgan fingerprint density at radius 1 is 1.00 bits per heavy atom. The van der Waals surface area contributed by atoms with E-state index in [9.17, 15) is 4.79 Å². The minimum Gasteiger partial charge on any atom is -0.497 e. The molecule has 4 heteroatoms. The van der Waals surface area contributed by atoms with Crippen LogP contribution in [0.15, 0.2) is 24.3 Å². The molecule has 3 rings (SSSR count). The third kappa shape index (κ3) is 4.97. The van der Waals surface area contributed by atoms with Crippen molar-refractivity contribution in [3.05, 3.63) is 29.8 Å². The van der Waals surface area contributed by atoms with Crippen LogP contribution < -0.4 is 4.74 Å².